The Balaban J connectivity index is 0.00000162. The number of imidazole rings is 1. The fourth-order valence-corrected chi connectivity index (χ4v) is 1.78. The number of nitrogens with zero attached hydrogens (tertiary/aromatic N) is 1. The van der Waals surface area contributed by atoms with Gasteiger partial charge < -0.3 is 21.3 Å². The van der Waals surface area contributed by atoms with E-state index in [1.807, 2.05) is 6.92 Å². The van der Waals surface area contributed by atoms with Crippen molar-refractivity contribution < 1.29 is 15.4 Å². The molecule has 0 bridgehead atoms. The van der Waals surface area contributed by atoms with Gasteiger partial charge in [0.15, 0.2) is 0 Å². The third-order valence-corrected chi connectivity index (χ3v) is 2.76. The van der Waals surface area contributed by atoms with E-state index in [1.165, 1.54) is 6.07 Å². The Labute approximate surface area is 104 Å². The zero-order valence-electron chi connectivity index (χ0n) is 9.84. The number of aromatic nitrogens is 2. The fraction of sp³-hybridized carbons (Fsp3) is 0.167. The zero-order valence-corrected chi connectivity index (χ0v) is 9.84. The van der Waals surface area contributed by atoms with Gasteiger partial charge in [0.25, 0.3) is 5.91 Å². The number of carbonyl (C=O) groups is 1. The van der Waals surface area contributed by atoms with Crippen molar-refractivity contribution >= 4 is 5.91 Å². The molecule has 1 amide bonds. The van der Waals surface area contributed by atoms with E-state index in [2.05, 4.69) is 9.97 Å². The van der Waals surface area contributed by atoms with Gasteiger partial charge in [-0.2, -0.15) is 0 Å². The third-order valence-electron chi connectivity index (χ3n) is 2.76. The van der Waals surface area contributed by atoms with Crippen molar-refractivity contribution in [3.05, 3.63) is 47.5 Å². The van der Waals surface area contributed by atoms with Gasteiger partial charge >= 0.3 is 0 Å². The van der Waals surface area contributed by atoms with Crippen LogP contribution in [0.25, 0.3) is 0 Å². The summed E-state index contributed by atoms with van der Waals surface area (Å²) >= 11 is 0. The lowest BCUT2D eigenvalue weighted by molar-refractivity contribution is 0.0997. The number of H-pyrrole nitrogens is 1. The molecule has 6 nitrogen and oxygen atoms in total. The minimum Gasteiger partial charge on any atom is -0.507 e. The van der Waals surface area contributed by atoms with Crippen molar-refractivity contribution in [1.29, 1.82) is 0 Å². The number of carbonyl (C=O) groups excluding carboxylic acids is 1. The van der Waals surface area contributed by atoms with Gasteiger partial charge in [-0.25, -0.2) is 4.98 Å². The summed E-state index contributed by atoms with van der Waals surface area (Å²) in [6, 6.07) is 4.94. The van der Waals surface area contributed by atoms with Crippen LogP contribution in [0.3, 0.4) is 0 Å². The van der Waals surface area contributed by atoms with Gasteiger partial charge in [0.05, 0.1) is 17.6 Å². The summed E-state index contributed by atoms with van der Waals surface area (Å²) in [5.74, 6) is -0.824. The molecule has 1 aromatic carbocycles. The lowest BCUT2D eigenvalue weighted by Crippen LogP contribution is -2.12. The minimum absolute atomic E-state index is 0. The van der Waals surface area contributed by atoms with E-state index in [-0.39, 0.29) is 22.7 Å². The smallest absolute Gasteiger partial charge is 0.252 e. The number of nitrogens with one attached hydrogen (secondary N) is 1. The average Bonchev–Trinajstić information content (AvgIpc) is 2.81. The lowest BCUT2D eigenvalue weighted by Gasteiger charge is -2.12. The number of hydrogen-bond donors (Lipinski definition) is 3. The van der Waals surface area contributed by atoms with Gasteiger partial charge in [-0.1, -0.05) is 19.1 Å². The van der Waals surface area contributed by atoms with Crippen molar-refractivity contribution in [3.8, 4) is 5.75 Å². The first-order valence-electron chi connectivity index (χ1n) is 5.21. The van der Waals surface area contributed by atoms with Crippen LogP contribution in [0.2, 0.25) is 0 Å². The Kier molecular flexibility index (Phi) is 4.06. The summed E-state index contributed by atoms with van der Waals surface area (Å²) in [5.41, 5.74) is 6.74. The SMILES string of the molecule is CC(c1c[nH]cn1)c1cccc(C(N)=O)c1O.O. The Morgan fingerprint density at radius 2 is 2.22 bits per heavy atom. The Morgan fingerprint density at radius 1 is 1.50 bits per heavy atom. The number of hydrogen-bond acceptors (Lipinski definition) is 3. The Bertz CT molecular complexity index is 538. The van der Waals surface area contributed by atoms with Crippen LogP contribution in [0.4, 0.5) is 0 Å². The molecule has 1 atom stereocenters. The summed E-state index contributed by atoms with van der Waals surface area (Å²) in [4.78, 5) is 18.1. The highest BCUT2D eigenvalue weighted by Gasteiger charge is 2.18. The quantitative estimate of drug-likeness (QED) is 0.735. The van der Waals surface area contributed by atoms with E-state index in [4.69, 9.17) is 5.73 Å². The fourth-order valence-electron chi connectivity index (χ4n) is 1.78. The van der Waals surface area contributed by atoms with Crippen LogP contribution in [-0.4, -0.2) is 26.5 Å². The molecule has 0 fully saturated rings. The van der Waals surface area contributed by atoms with Crippen LogP contribution < -0.4 is 5.73 Å². The number of aromatic amines is 1. The normalized spacial score (nSPS) is 11.6. The molecule has 0 saturated carbocycles. The summed E-state index contributed by atoms with van der Waals surface area (Å²) < 4.78 is 0. The summed E-state index contributed by atoms with van der Waals surface area (Å²) in [6.45, 7) is 1.90. The maximum atomic E-state index is 11.1. The molecular formula is C12H15N3O3. The van der Waals surface area contributed by atoms with Crippen molar-refractivity contribution in [3.63, 3.8) is 0 Å². The van der Waals surface area contributed by atoms with Gasteiger partial charge in [0, 0.05) is 17.7 Å². The maximum absolute atomic E-state index is 11.1. The second-order valence-electron chi connectivity index (χ2n) is 3.82. The van der Waals surface area contributed by atoms with Crippen molar-refractivity contribution in [2.24, 2.45) is 5.73 Å². The summed E-state index contributed by atoms with van der Waals surface area (Å²) in [6.07, 6.45) is 3.32. The monoisotopic (exact) mass is 249 g/mol. The first-order valence-corrected chi connectivity index (χ1v) is 5.21. The number of phenols is 1. The average molecular weight is 249 g/mol. The molecule has 2 aromatic rings. The Hall–Kier alpha value is -2.34. The van der Waals surface area contributed by atoms with Gasteiger partial charge in [-0.15, -0.1) is 0 Å². The maximum Gasteiger partial charge on any atom is 0.252 e. The zero-order chi connectivity index (χ0) is 12.4. The number of para-hydroxylation sites is 1. The van der Waals surface area contributed by atoms with Crippen molar-refractivity contribution in [1.82, 2.24) is 9.97 Å². The highest BCUT2D eigenvalue weighted by molar-refractivity contribution is 5.96. The minimum atomic E-state index is -0.640. The standard InChI is InChI=1S/C12H13N3O2.H2O/c1-7(10-5-14-6-15-10)8-3-2-4-9(11(8)16)12(13)17;/h2-7,16H,1H3,(H2,13,17)(H,14,15);1H2. The van der Waals surface area contributed by atoms with E-state index in [1.54, 1.807) is 24.7 Å². The molecule has 6 heteroatoms. The molecule has 6 N–H and O–H groups in total. The first kappa shape index (κ1) is 13.7. The van der Waals surface area contributed by atoms with Gasteiger partial charge in [-0.05, 0) is 6.07 Å². The Morgan fingerprint density at radius 3 is 2.78 bits per heavy atom. The molecule has 0 saturated heterocycles. The third kappa shape index (κ3) is 2.33. The van der Waals surface area contributed by atoms with Gasteiger partial charge in [-0.3, -0.25) is 4.79 Å². The number of benzene rings is 1. The molecule has 1 heterocycles. The van der Waals surface area contributed by atoms with Gasteiger partial charge in [0.1, 0.15) is 5.75 Å². The summed E-state index contributed by atoms with van der Waals surface area (Å²) in [7, 11) is 0. The van der Waals surface area contributed by atoms with Crippen LogP contribution in [0.15, 0.2) is 30.7 Å². The first-order chi connectivity index (χ1) is 8.11. The van der Waals surface area contributed by atoms with E-state index < -0.39 is 5.91 Å². The van der Waals surface area contributed by atoms with Crippen LogP contribution in [0.5, 0.6) is 5.75 Å². The van der Waals surface area contributed by atoms with Crippen LogP contribution in [-0.2, 0) is 0 Å². The van der Waals surface area contributed by atoms with Crippen LogP contribution in [0, 0.1) is 0 Å². The number of rotatable bonds is 3. The van der Waals surface area contributed by atoms with E-state index in [0.29, 0.717) is 5.56 Å². The molecule has 0 aliphatic rings. The molecular weight excluding hydrogens is 234 g/mol. The number of nitrogens with two attached hydrogens (primary N) is 1. The number of primary amides is 1. The number of amides is 1. The molecule has 1 aromatic heterocycles. The second-order valence-corrected chi connectivity index (χ2v) is 3.82. The molecule has 0 aliphatic heterocycles. The highest BCUT2D eigenvalue weighted by Crippen LogP contribution is 2.32. The molecule has 0 aliphatic carbocycles. The molecule has 18 heavy (non-hydrogen) atoms. The number of aromatic hydroxyl groups is 1. The van der Waals surface area contributed by atoms with Gasteiger partial charge in [0.2, 0.25) is 0 Å². The predicted molar refractivity (Wildman–Crippen MR) is 66.3 cm³/mol. The topological polar surface area (TPSA) is 124 Å². The molecule has 1 unspecified atom stereocenters. The molecule has 2 rings (SSSR count). The molecule has 96 valence electrons. The predicted octanol–water partition coefficient (Wildman–Crippen LogP) is 0.541. The largest absolute Gasteiger partial charge is 0.507 e. The van der Waals surface area contributed by atoms with E-state index in [0.717, 1.165) is 5.69 Å². The molecule has 0 spiro atoms. The summed E-state index contributed by atoms with van der Waals surface area (Å²) in [5, 5.41) is 9.99. The van der Waals surface area contributed by atoms with Crippen molar-refractivity contribution in [2.45, 2.75) is 12.8 Å². The van der Waals surface area contributed by atoms with E-state index >= 15 is 0 Å². The highest BCUT2D eigenvalue weighted by atomic mass is 16.3. The molecule has 0 radical (unpaired) electrons. The van der Waals surface area contributed by atoms with E-state index in [9.17, 15) is 9.90 Å². The lowest BCUT2D eigenvalue weighted by atomic mass is 9.95. The van der Waals surface area contributed by atoms with Crippen LogP contribution in [0.1, 0.15) is 34.5 Å². The van der Waals surface area contributed by atoms with Crippen LogP contribution >= 0.6 is 0 Å². The van der Waals surface area contributed by atoms with Crippen molar-refractivity contribution in [2.75, 3.05) is 0 Å². The second kappa shape index (κ2) is 5.33.